The SMILES string of the molecule is Cc1cc(Br)cc(C2CCCN(C(=O)OC(C)(C)C)C2)n1. The average molecular weight is 355 g/mol. The van der Waals surface area contributed by atoms with Crippen LogP contribution in [-0.2, 0) is 4.74 Å². The fourth-order valence-corrected chi connectivity index (χ4v) is 3.14. The number of carbonyl (C=O) groups is 1. The molecule has 0 spiro atoms. The Morgan fingerprint density at radius 3 is 2.76 bits per heavy atom. The summed E-state index contributed by atoms with van der Waals surface area (Å²) in [6.07, 6.45) is 1.82. The molecule has 1 saturated heterocycles. The van der Waals surface area contributed by atoms with Crippen LogP contribution in [0.25, 0.3) is 0 Å². The summed E-state index contributed by atoms with van der Waals surface area (Å²) in [6, 6.07) is 4.05. The second-order valence-electron chi connectivity index (χ2n) is 6.62. The van der Waals surface area contributed by atoms with Crippen molar-refractivity contribution in [2.75, 3.05) is 13.1 Å². The fourth-order valence-electron chi connectivity index (χ4n) is 2.57. The van der Waals surface area contributed by atoms with Crippen molar-refractivity contribution in [1.82, 2.24) is 9.88 Å². The normalized spacial score (nSPS) is 19.5. The summed E-state index contributed by atoms with van der Waals surface area (Å²) >= 11 is 3.52. The van der Waals surface area contributed by atoms with Crippen molar-refractivity contribution < 1.29 is 9.53 Å². The topological polar surface area (TPSA) is 42.4 Å². The Bertz CT molecular complexity index is 505. The molecule has 1 aliphatic heterocycles. The number of ether oxygens (including phenoxy) is 1. The predicted molar refractivity (Wildman–Crippen MR) is 86.5 cm³/mol. The molecule has 2 heterocycles. The monoisotopic (exact) mass is 354 g/mol. The van der Waals surface area contributed by atoms with E-state index in [1.54, 1.807) is 4.90 Å². The van der Waals surface area contributed by atoms with Gasteiger partial charge < -0.3 is 9.64 Å². The molecule has 2 rings (SSSR count). The van der Waals surface area contributed by atoms with Crippen LogP contribution in [0.3, 0.4) is 0 Å². The number of rotatable bonds is 1. The molecule has 116 valence electrons. The molecule has 4 nitrogen and oxygen atoms in total. The van der Waals surface area contributed by atoms with E-state index < -0.39 is 5.60 Å². The second kappa shape index (κ2) is 6.34. The molecule has 0 aliphatic carbocycles. The van der Waals surface area contributed by atoms with Crippen molar-refractivity contribution in [3.8, 4) is 0 Å². The van der Waals surface area contributed by atoms with Crippen molar-refractivity contribution in [2.24, 2.45) is 0 Å². The summed E-state index contributed by atoms with van der Waals surface area (Å²) in [6.45, 7) is 9.11. The first-order valence-electron chi connectivity index (χ1n) is 7.36. The molecule has 21 heavy (non-hydrogen) atoms. The molecule has 0 aromatic carbocycles. The zero-order valence-corrected chi connectivity index (χ0v) is 14.7. The first-order chi connectivity index (χ1) is 9.74. The third-order valence-electron chi connectivity index (χ3n) is 3.43. The molecule has 1 aromatic heterocycles. The highest BCUT2D eigenvalue weighted by Crippen LogP contribution is 2.28. The van der Waals surface area contributed by atoms with Crippen LogP contribution in [0.2, 0.25) is 0 Å². The molecule has 1 atom stereocenters. The lowest BCUT2D eigenvalue weighted by atomic mass is 9.94. The summed E-state index contributed by atoms with van der Waals surface area (Å²) < 4.78 is 6.51. The van der Waals surface area contributed by atoms with Gasteiger partial charge in [0.25, 0.3) is 0 Å². The van der Waals surface area contributed by atoms with E-state index >= 15 is 0 Å². The highest BCUT2D eigenvalue weighted by Gasteiger charge is 2.29. The zero-order chi connectivity index (χ0) is 15.6. The summed E-state index contributed by atoms with van der Waals surface area (Å²) in [4.78, 5) is 18.6. The second-order valence-corrected chi connectivity index (χ2v) is 7.53. The third kappa shape index (κ3) is 4.70. The minimum atomic E-state index is -0.450. The molecule has 0 radical (unpaired) electrons. The van der Waals surface area contributed by atoms with Crippen molar-refractivity contribution in [1.29, 1.82) is 0 Å². The summed E-state index contributed by atoms with van der Waals surface area (Å²) in [5.41, 5.74) is 1.60. The molecule has 1 aromatic rings. The van der Waals surface area contributed by atoms with Crippen LogP contribution in [0.5, 0.6) is 0 Å². The van der Waals surface area contributed by atoms with Crippen molar-refractivity contribution in [2.45, 2.75) is 52.1 Å². The van der Waals surface area contributed by atoms with Crippen LogP contribution >= 0.6 is 15.9 Å². The van der Waals surface area contributed by atoms with Gasteiger partial charge in [-0.15, -0.1) is 0 Å². The van der Waals surface area contributed by atoms with Crippen LogP contribution in [0.4, 0.5) is 4.79 Å². The number of amides is 1. The first kappa shape index (κ1) is 16.3. The van der Waals surface area contributed by atoms with E-state index in [2.05, 4.69) is 27.0 Å². The van der Waals surface area contributed by atoms with Gasteiger partial charge >= 0.3 is 6.09 Å². The molecule has 1 fully saturated rings. The number of hydrogen-bond donors (Lipinski definition) is 0. The van der Waals surface area contributed by atoms with Gasteiger partial charge in [0.1, 0.15) is 5.60 Å². The zero-order valence-electron chi connectivity index (χ0n) is 13.1. The van der Waals surface area contributed by atoms with Gasteiger partial charge in [-0.2, -0.15) is 0 Å². The molecule has 5 heteroatoms. The number of pyridine rings is 1. The van der Waals surface area contributed by atoms with Crippen molar-refractivity contribution in [3.05, 3.63) is 28.0 Å². The average Bonchev–Trinajstić information content (AvgIpc) is 2.36. The van der Waals surface area contributed by atoms with Gasteiger partial charge in [0.2, 0.25) is 0 Å². The summed E-state index contributed by atoms with van der Waals surface area (Å²) in [7, 11) is 0. The van der Waals surface area contributed by atoms with Gasteiger partial charge in [-0.1, -0.05) is 15.9 Å². The maximum atomic E-state index is 12.2. The number of aromatic nitrogens is 1. The van der Waals surface area contributed by atoms with E-state index in [-0.39, 0.29) is 12.0 Å². The van der Waals surface area contributed by atoms with E-state index in [9.17, 15) is 4.79 Å². The van der Waals surface area contributed by atoms with Crippen LogP contribution in [0.1, 0.15) is 50.9 Å². The first-order valence-corrected chi connectivity index (χ1v) is 8.16. The van der Waals surface area contributed by atoms with Crippen LogP contribution in [0.15, 0.2) is 16.6 Å². The van der Waals surface area contributed by atoms with Crippen LogP contribution in [-0.4, -0.2) is 34.7 Å². The molecule has 1 unspecified atom stereocenters. The van der Waals surface area contributed by atoms with Gasteiger partial charge in [0.15, 0.2) is 0 Å². The summed E-state index contributed by atoms with van der Waals surface area (Å²) in [5.74, 6) is 0.280. The lowest BCUT2D eigenvalue weighted by Gasteiger charge is -2.34. The number of halogens is 1. The highest BCUT2D eigenvalue weighted by molar-refractivity contribution is 9.10. The van der Waals surface area contributed by atoms with E-state index in [0.717, 1.165) is 35.2 Å². The molecule has 1 amide bonds. The van der Waals surface area contributed by atoms with Crippen molar-refractivity contribution in [3.63, 3.8) is 0 Å². The standard InChI is InChI=1S/C16H23BrN2O2/c1-11-8-13(17)9-14(18-11)12-6-5-7-19(10-12)15(20)21-16(2,3)4/h8-9,12H,5-7,10H2,1-4H3. The smallest absolute Gasteiger partial charge is 0.410 e. The number of carbonyl (C=O) groups excluding carboxylic acids is 1. The highest BCUT2D eigenvalue weighted by atomic mass is 79.9. The maximum Gasteiger partial charge on any atom is 0.410 e. The van der Waals surface area contributed by atoms with Crippen LogP contribution in [0, 0.1) is 6.92 Å². The largest absolute Gasteiger partial charge is 0.444 e. The molecule has 0 bridgehead atoms. The molecule has 1 aliphatic rings. The third-order valence-corrected chi connectivity index (χ3v) is 3.89. The number of nitrogens with zero attached hydrogens (tertiary/aromatic N) is 2. The summed E-state index contributed by atoms with van der Waals surface area (Å²) in [5, 5.41) is 0. The Labute approximate surface area is 135 Å². The van der Waals surface area contributed by atoms with Gasteiger partial charge in [-0.25, -0.2) is 4.79 Å². The van der Waals surface area contributed by atoms with Crippen LogP contribution < -0.4 is 0 Å². The molecule has 0 N–H and O–H groups in total. The Hall–Kier alpha value is -1.10. The minimum absolute atomic E-state index is 0.223. The molecular formula is C16H23BrN2O2. The lowest BCUT2D eigenvalue weighted by molar-refractivity contribution is 0.0197. The Balaban J connectivity index is 2.08. The Kier molecular flexibility index (Phi) is 4.91. The molecular weight excluding hydrogens is 332 g/mol. The number of aryl methyl sites for hydroxylation is 1. The van der Waals surface area contributed by atoms with Crippen molar-refractivity contribution >= 4 is 22.0 Å². The number of likely N-dealkylation sites (tertiary alicyclic amines) is 1. The Morgan fingerprint density at radius 2 is 2.14 bits per heavy atom. The quantitative estimate of drug-likeness (QED) is 0.756. The minimum Gasteiger partial charge on any atom is -0.444 e. The van der Waals surface area contributed by atoms with Gasteiger partial charge in [-0.05, 0) is 52.7 Å². The van der Waals surface area contributed by atoms with Gasteiger partial charge in [0.05, 0.1) is 0 Å². The predicted octanol–water partition coefficient (Wildman–Crippen LogP) is 4.27. The van der Waals surface area contributed by atoms with E-state index in [1.807, 2.05) is 33.8 Å². The Morgan fingerprint density at radius 1 is 1.43 bits per heavy atom. The number of piperidine rings is 1. The van der Waals surface area contributed by atoms with Gasteiger partial charge in [-0.3, -0.25) is 4.98 Å². The van der Waals surface area contributed by atoms with E-state index in [4.69, 9.17) is 4.74 Å². The molecule has 0 saturated carbocycles. The van der Waals surface area contributed by atoms with E-state index in [0.29, 0.717) is 6.54 Å². The van der Waals surface area contributed by atoms with E-state index in [1.165, 1.54) is 0 Å². The number of hydrogen-bond acceptors (Lipinski definition) is 3. The fraction of sp³-hybridized carbons (Fsp3) is 0.625. The maximum absolute atomic E-state index is 12.2. The lowest BCUT2D eigenvalue weighted by Crippen LogP contribution is -2.42. The van der Waals surface area contributed by atoms with Gasteiger partial charge in [0, 0.05) is 34.9 Å².